The van der Waals surface area contributed by atoms with Crippen LogP contribution >= 0.6 is 0 Å². The van der Waals surface area contributed by atoms with Crippen LogP contribution in [0.25, 0.3) is 0 Å². The summed E-state index contributed by atoms with van der Waals surface area (Å²) in [6, 6.07) is 11.5. The van der Waals surface area contributed by atoms with Crippen LogP contribution in [0.3, 0.4) is 0 Å². The molecule has 23 heavy (non-hydrogen) atoms. The van der Waals surface area contributed by atoms with Crippen LogP contribution in [0.5, 0.6) is 5.75 Å². The third-order valence-corrected chi connectivity index (χ3v) is 3.03. The molecule has 0 atom stereocenters. The number of hydrogen-bond donors (Lipinski definition) is 2. The molecule has 0 unspecified atom stereocenters. The fraction of sp³-hybridized carbons (Fsp3) is 0.188. The summed E-state index contributed by atoms with van der Waals surface area (Å²) in [4.78, 5) is 11.6. The van der Waals surface area contributed by atoms with Gasteiger partial charge < -0.3 is 15.2 Å². The van der Waals surface area contributed by atoms with E-state index in [-0.39, 0.29) is 17.9 Å². The van der Waals surface area contributed by atoms with E-state index in [0.29, 0.717) is 0 Å². The minimum Gasteiger partial charge on any atom is -0.508 e. The fourth-order valence-corrected chi connectivity index (χ4v) is 1.94. The first kappa shape index (κ1) is 16.7. The first-order valence-corrected chi connectivity index (χ1v) is 6.70. The molecule has 2 rings (SSSR count). The van der Waals surface area contributed by atoms with Gasteiger partial charge in [0.1, 0.15) is 12.4 Å². The number of alkyl carbamates (subject to hydrolysis) is 1. The monoisotopic (exact) mass is 325 g/mol. The quantitative estimate of drug-likeness (QED) is 0.898. The lowest BCUT2D eigenvalue weighted by atomic mass is 10.1. The Bertz CT molecular complexity index is 672. The van der Waals surface area contributed by atoms with Gasteiger partial charge in [-0.25, -0.2) is 4.79 Å². The standard InChI is InChI=1S/C16H14F3NO3/c17-16(18,19)14-7-6-13(21)8-12(14)9-20-15(22)23-10-11-4-2-1-3-5-11/h1-8,21H,9-10H2,(H,20,22). The Morgan fingerprint density at radius 2 is 1.83 bits per heavy atom. The Kier molecular flexibility index (Phi) is 5.10. The predicted molar refractivity (Wildman–Crippen MR) is 76.6 cm³/mol. The van der Waals surface area contributed by atoms with Crippen molar-refractivity contribution in [3.05, 3.63) is 65.2 Å². The summed E-state index contributed by atoms with van der Waals surface area (Å²) in [5.41, 5.74) is -0.399. The summed E-state index contributed by atoms with van der Waals surface area (Å²) >= 11 is 0. The third kappa shape index (κ3) is 4.91. The molecule has 2 aromatic carbocycles. The highest BCUT2D eigenvalue weighted by molar-refractivity contribution is 5.67. The molecule has 1 amide bonds. The van der Waals surface area contributed by atoms with E-state index in [1.807, 2.05) is 6.07 Å². The summed E-state index contributed by atoms with van der Waals surface area (Å²) in [5, 5.41) is 11.5. The van der Waals surface area contributed by atoms with E-state index in [4.69, 9.17) is 4.74 Å². The minimum absolute atomic E-state index is 0.0127. The zero-order valence-corrected chi connectivity index (χ0v) is 11.9. The van der Waals surface area contributed by atoms with E-state index in [0.717, 1.165) is 23.8 Å². The summed E-state index contributed by atoms with van der Waals surface area (Å²) < 4.78 is 43.5. The van der Waals surface area contributed by atoms with Crippen LogP contribution < -0.4 is 5.32 Å². The van der Waals surface area contributed by atoms with Crippen molar-refractivity contribution in [1.82, 2.24) is 5.32 Å². The fourth-order valence-electron chi connectivity index (χ4n) is 1.94. The third-order valence-electron chi connectivity index (χ3n) is 3.03. The summed E-state index contributed by atoms with van der Waals surface area (Å²) in [5.74, 6) is -0.313. The highest BCUT2D eigenvalue weighted by Crippen LogP contribution is 2.33. The number of alkyl halides is 3. The zero-order chi connectivity index (χ0) is 16.9. The van der Waals surface area contributed by atoms with Gasteiger partial charge in [0, 0.05) is 6.54 Å². The second-order valence-corrected chi connectivity index (χ2v) is 4.75. The lowest BCUT2D eigenvalue weighted by Crippen LogP contribution is -2.25. The molecule has 0 fully saturated rings. The van der Waals surface area contributed by atoms with Gasteiger partial charge in [0.05, 0.1) is 5.56 Å². The van der Waals surface area contributed by atoms with Gasteiger partial charge in [-0.15, -0.1) is 0 Å². The minimum atomic E-state index is -4.57. The molecule has 0 aliphatic heterocycles. The van der Waals surface area contributed by atoms with Crippen LogP contribution in [0.2, 0.25) is 0 Å². The molecule has 7 heteroatoms. The normalized spacial score (nSPS) is 11.1. The van der Waals surface area contributed by atoms with Crippen LogP contribution in [-0.2, 0) is 24.1 Å². The average Bonchev–Trinajstić information content (AvgIpc) is 2.51. The van der Waals surface area contributed by atoms with Crippen molar-refractivity contribution >= 4 is 6.09 Å². The Hall–Kier alpha value is -2.70. The summed E-state index contributed by atoms with van der Waals surface area (Å²) in [6.45, 7) is -0.393. The lowest BCUT2D eigenvalue weighted by Gasteiger charge is -2.14. The largest absolute Gasteiger partial charge is 0.508 e. The number of benzene rings is 2. The van der Waals surface area contributed by atoms with E-state index in [2.05, 4.69) is 5.32 Å². The second-order valence-electron chi connectivity index (χ2n) is 4.75. The number of phenols is 1. The number of carbonyl (C=O) groups excluding carboxylic acids is 1. The number of amides is 1. The zero-order valence-electron chi connectivity index (χ0n) is 11.9. The van der Waals surface area contributed by atoms with Crippen molar-refractivity contribution in [1.29, 1.82) is 0 Å². The SMILES string of the molecule is O=C(NCc1cc(O)ccc1C(F)(F)F)OCc1ccccc1. The van der Waals surface area contributed by atoms with Crippen molar-refractivity contribution in [2.24, 2.45) is 0 Å². The molecule has 0 aliphatic carbocycles. The molecule has 0 aromatic heterocycles. The number of phenolic OH excluding ortho intramolecular Hbond substituents is 1. The van der Waals surface area contributed by atoms with Gasteiger partial charge in [-0.1, -0.05) is 30.3 Å². The van der Waals surface area contributed by atoms with E-state index >= 15 is 0 Å². The molecule has 4 nitrogen and oxygen atoms in total. The number of carbonyl (C=O) groups is 1. The first-order valence-electron chi connectivity index (χ1n) is 6.70. The van der Waals surface area contributed by atoms with Crippen LogP contribution in [0, 0.1) is 0 Å². The maximum Gasteiger partial charge on any atom is 0.416 e. The number of halogens is 3. The van der Waals surface area contributed by atoms with Gasteiger partial charge >= 0.3 is 12.3 Å². The van der Waals surface area contributed by atoms with Crippen LogP contribution in [0.15, 0.2) is 48.5 Å². The number of ether oxygens (including phenoxy) is 1. The van der Waals surface area contributed by atoms with Gasteiger partial charge in [-0.05, 0) is 29.3 Å². The Labute approximate surface area is 130 Å². The number of aromatic hydroxyl groups is 1. The van der Waals surface area contributed by atoms with Crippen molar-refractivity contribution < 1.29 is 27.8 Å². The summed E-state index contributed by atoms with van der Waals surface area (Å²) in [6.07, 6.45) is -5.41. The van der Waals surface area contributed by atoms with Crippen LogP contribution in [0.4, 0.5) is 18.0 Å². The number of hydrogen-bond acceptors (Lipinski definition) is 3. The van der Waals surface area contributed by atoms with Crippen molar-refractivity contribution in [3.8, 4) is 5.75 Å². The van der Waals surface area contributed by atoms with Gasteiger partial charge in [0.2, 0.25) is 0 Å². The van der Waals surface area contributed by atoms with Crippen LogP contribution in [-0.4, -0.2) is 11.2 Å². The molecule has 2 N–H and O–H groups in total. The maximum absolute atomic E-state index is 12.8. The maximum atomic E-state index is 12.8. The van der Waals surface area contributed by atoms with Gasteiger partial charge in [0.15, 0.2) is 0 Å². The Morgan fingerprint density at radius 3 is 2.48 bits per heavy atom. The van der Waals surface area contributed by atoms with Crippen molar-refractivity contribution in [2.75, 3.05) is 0 Å². The van der Waals surface area contributed by atoms with E-state index in [9.17, 15) is 23.1 Å². The molecule has 0 radical (unpaired) electrons. The van der Waals surface area contributed by atoms with Crippen molar-refractivity contribution in [2.45, 2.75) is 19.3 Å². The number of nitrogens with one attached hydrogen (secondary N) is 1. The lowest BCUT2D eigenvalue weighted by molar-refractivity contribution is -0.138. The second kappa shape index (κ2) is 7.04. The van der Waals surface area contributed by atoms with Gasteiger partial charge in [-0.2, -0.15) is 13.2 Å². The molecule has 0 bridgehead atoms. The number of rotatable bonds is 4. The molecule has 0 spiro atoms. The van der Waals surface area contributed by atoms with E-state index < -0.39 is 24.4 Å². The molecule has 2 aromatic rings. The van der Waals surface area contributed by atoms with E-state index in [1.165, 1.54) is 0 Å². The topological polar surface area (TPSA) is 58.6 Å². The Morgan fingerprint density at radius 1 is 1.13 bits per heavy atom. The smallest absolute Gasteiger partial charge is 0.416 e. The first-order chi connectivity index (χ1) is 10.9. The molecule has 0 saturated heterocycles. The van der Waals surface area contributed by atoms with Crippen LogP contribution in [0.1, 0.15) is 16.7 Å². The van der Waals surface area contributed by atoms with Crippen molar-refractivity contribution in [3.63, 3.8) is 0 Å². The Balaban J connectivity index is 1.95. The van der Waals surface area contributed by atoms with E-state index in [1.54, 1.807) is 24.3 Å². The summed E-state index contributed by atoms with van der Waals surface area (Å²) in [7, 11) is 0. The van der Waals surface area contributed by atoms with Gasteiger partial charge in [-0.3, -0.25) is 0 Å². The molecular formula is C16H14F3NO3. The average molecular weight is 325 g/mol. The molecule has 122 valence electrons. The molecule has 0 saturated carbocycles. The highest BCUT2D eigenvalue weighted by Gasteiger charge is 2.33. The van der Waals surface area contributed by atoms with Gasteiger partial charge in [0.25, 0.3) is 0 Å². The highest BCUT2D eigenvalue weighted by atomic mass is 19.4. The molecule has 0 aliphatic rings. The molecular weight excluding hydrogens is 311 g/mol. The molecule has 0 heterocycles. The predicted octanol–water partition coefficient (Wildman–Crippen LogP) is 3.84.